The summed E-state index contributed by atoms with van der Waals surface area (Å²) in [5.74, 6) is -1.24. The minimum absolute atomic E-state index is 0.0266. The molecule has 0 heterocycles. The van der Waals surface area contributed by atoms with Gasteiger partial charge in [0.2, 0.25) is 5.91 Å². The Morgan fingerprint density at radius 1 is 0.885 bits per heavy atom. The van der Waals surface area contributed by atoms with Crippen LogP contribution in [0.25, 0.3) is 0 Å². The van der Waals surface area contributed by atoms with Gasteiger partial charge >= 0.3 is 5.97 Å². The second kappa shape index (κ2) is 9.83. The molecule has 2 aromatic carbocycles. The number of hydrazine groups is 1. The van der Waals surface area contributed by atoms with Crippen molar-refractivity contribution in [2.45, 2.75) is 25.9 Å². The van der Waals surface area contributed by atoms with E-state index < -0.39 is 17.8 Å². The summed E-state index contributed by atoms with van der Waals surface area (Å²) in [4.78, 5) is 33.8. The number of benzene rings is 2. The van der Waals surface area contributed by atoms with Crippen LogP contribution in [0, 0.1) is 0 Å². The number of carboxylic acids is 1. The van der Waals surface area contributed by atoms with Crippen LogP contribution in [0.2, 0.25) is 0 Å². The molecular weight excluding hydrogens is 336 g/mol. The van der Waals surface area contributed by atoms with E-state index in [1.54, 1.807) is 24.3 Å². The van der Waals surface area contributed by atoms with Crippen molar-refractivity contribution >= 4 is 17.8 Å². The second-order valence-electron chi connectivity index (χ2n) is 5.55. The van der Waals surface area contributed by atoms with E-state index >= 15 is 0 Å². The zero-order chi connectivity index (χ0) is 18.8. The van der Waals surface area contributed by atoms with Gasteiger partial charge in [-0.3, -0.25) is 25.2 Å². The van der Waals surface area contributed by atoms with Crippen molar-refractivity contribution in [2.75, 3.05) is 0 Å². The van der Waals surface area contributed by atoms with Crippen LogP contribution in [0.15, 0.2) is 54.6 Å². The molecular formula is C19H20N2O5. The number of hydrogen-bond acceptors (Lipinski definition) is 4. The molecule has 0 atom stereocenters. The number of carbonyl (C=O) groups is 3. The molecule has 2 aromatic rings. The van der Waals surface area contributed by atoms with Crippen LogP contribution >= 0.6 is 0 Å². The molecule has 0 radical (unpaired) electrons. The lowest BCUT2D eigenvalue weighted by molar-refractivity contribution is -0.137. The van der Waals surface area contributed by atoms with Gasteiger partial charge in [-0.1, -0.05) is 30.3 Å². The molecule has 2 amide bonds. The van der Waals surface area contributed by atoms with Crippen LogP contribution in [-0.4, -0.2) is 22.9 Å². The van der Waals surface area contributed by atoms with Crippen LogP contribution in [-0.2, 0) is 16.2 Å². The topological polar surface area (TPSA) is 105 Å². The molecule has 0 aromatic heterocycles. The van der Waals surface area contributed by atoms with Crippen LogP contribution in [0.5, 0.6) is 5.75 Å². The molecule has 2 rings (SSSR count). The third kappa shape index (κ3) is 6.64. The molecule has 0 aliphatic carbocycles. The summed E-state index contributed by atoms with van der Waals surface area (Å²) in [6.07, 6.45) is 0.148. The van der Waals surface area contributed by atoms with Gasteiger partial charge in [0.1, 0.15) is 12.4 Å². The van der Waals surface area contributed by atoms with Crippen molar-refractivity contribution in [3.8, 4) is 5.75 Å². The van der Waals surface area contributed by atoms with Crippen LogP contribution in [0.3, 0.4) is 0 Å². The zero-order valence-corrected chi connectivity index (χ0v) is 14.1. The van der Waals surface area contributed by atoms with Gasteiger partial charge < -0.3 is 9.84 Å². The lowest BCUT2D eigenvalue weighted by Crippen LogP contribution is -2.41. The molecule has 0 aliphatic heterocycles. The van der Waals surface area contributed by atoms with Crippen molar-refractivity contribution in [3.63, 3.8) is 0 Å². The van der Waals surface area contributed by atoms with Crippen LogP contribution in [0.4, 0.5) is 0 Å². The monoisotopic (exact) mass is 356 g/mol. The minimum atomic E-state index is -0.962. The maximum Gasteiger partial charge on any atom is 0.303 e. The summed E-state index contributed by atoms with van der Waals surface area (Å²) in [6, 6.07) is 16.2. The largest absolute Gasteiger partial charge is 0.489 e. The van der Waals surface area contributed by atoms with Gasteiger partial charge in [0.25, 0.3) is 5.91 Å². The fraction of sp³-hybridized carbons (Fsp3) is 0.211. The van der Waals surface area contributed by atoms with E-state index in [4.69, 9.17) is 9.84 Å². The SMILES string of the molecule is O=C(O)CCCC(=O)NNC(=O)c1ccc(OCc2ccccc2)cc1. The second-order valence-corrected chi connectivity index (χ2v) is 5.55. The molecule has 3 N–H and O–H groups in total. The van der Waals surface area contributed by atoms with Gasteiger partial charge in [-0.2, -0.15) is 0 Å². The Hall–Kier alpha value is -3.35. The molecule has 0 saturated heterocycles. The van der Waals surface area contributed by atoms with E-state index in [0.717, 1.165) is 5.56 Å². The number of carbonyl (C=O) groups excluding carboxylic acids is 2. The van der Waals surface area contributed by atoms with E-state index in [-0.39, 0.29) is 19.3 Å². The predicted octanol–water partition coefficient (Wildman–Crippen LogP) is 2.28. The Kier molecular flexibility index (Phi) is 7.17. The van der Waals surface area contributed by atoms with Crippen molar-refractivity contribution in [2.24, 2.45) is 0 Å². The molecule has 0 aliphatic rings. The molecule has 0 saturated carbocycles. The van der Waals surface area contributed by atoms with Crippen molar-refractivity contribution in [1.29, 1.82) is 0 Å². The number of nitrogens with one attached hydrogen (secondary N) is 2. The highest BCUT2D eigenvalue weighted by Crippen LogP contribution is 2.14. The summed E-state index contributed by atoms with van der Waals surface area (Å²) < 4.78 is 5.64. The fourth-order valence-corrected chi connectivity index (χ4v) is 2.10. The molecule has 0 fully saturated rings. The maximum atomic E-state index is 12.0. The Balaban J connectivity index is 1.75. The average molecular weight is 356 g/mol. The Morgan fingerprint density at radius 3 is 2.23 bits per heavy atom. The minimum Gasteiger partial charge on any atom is -0.489 e. The first-order chi connectivity index (χ1) is 12.5. The number of hydrogen-bond donors (Lipinski definition) is 3. The highest BCUT2D eigenvalue weighted by molar-refractivity contribution is 5.95. The van der Waals surface area contributed by atoms with E-state index in [0.29, 0.717) is 17.9 Å². The number of carboxylic acid groups (broad SMARTS) is 1. The molecule has 26 heavy (non-hydrogen) atoms. The molecule has 0 bridgehead atoms. The molecule has 0 unspecified atom stereocenters. The van der Waals surface area contributed by atoms with E-state index in [2.05, 4.69) is 10.9 Å². The van der Waals surface area contributed by atoms with E-state index in [1.807, 2.05) is 30.3 Å². The van der Waals surface area contributed by atoms with Crippen LogP contribution in [0.1, 0.15) is 35.2 Å². The summed E-state index contributed by atoms with van der Waals surface area (Å²) in [5.41, 5.74) is 5.95. The summed E-state index contributed by atoms with van der Waals surface area (Å²) in [5, 5.41) is 8.51. The Morgan fingerprint density at radius 2 is 1.58 bits per heavy atom. The van der Waals surface area contributed by atoms with Gasteiger partial charge in [0.05, 0.1) is 0 Å². The lowest BCUT2D eigenvalue weighted by Gasteiger charge is -2.09. The molecule has 7 heteroatoms. The highest BCUT2D eigenvalue weighted by atomic mass is 16.5. The van der Waals surface area contributed by atoms with E-state index in [9.17, 15) is 14.4 Å². The molecule has 7 nitrogen and oxygen atoms in total. The number of rotatable bonds is 8. The zero-order valence-electron chi connectivity index (χ0n) is 14.1. The van der Waals surface area contributed by atoms with Crippen LogP contribution < -0.4 is 15.6 Å². The highest BCUT2D eigenvalue weighted by Gasteiger charge is 2.08. The third-order valence-corrected chi connectivity index (χ3v) is 3.47. The molecule has 136 valence electrons. The first-order valence-electron chi connectivity index (χ1n) is 8.12. The van der Waals surface area contributed by atoms with Gasteiger partial charge in [0.15, 0.2) is 0 Å². The van der Waals surface area contributed by atoms with Gasteiger partial charge in [-0.15, -0.1) is 0 Å². The fourth-order valence-electron chi connectivity index (χ4n) is 2.10. The van der Waals surface area contributed by atoms with Crippen molar-refractivity contribution in [1.82, 2.24) is 10.9 Å². The maximum absolute atomic E-state index is 12.0. The van der Waals surface area contributed by atoms with E-state index in [1.165, 1.54) is 0 Å². The number of ether oxygens (including phenoxy) is 1. The van der Waals surface area contributed by atoms with Gasteiger partial charge in [0, 0.05) is 18.4 Å². The summed E-state index contributed by atoms with van der Waals surface area (Å²) >= 11 is 0. The number of aliphatic carboxylic acids is 1. The normalized spacial score (nSPS) is 10.0. The quantitative estimate of drug-likeness (QED) is 0.630. The Bertz CT molecular complexity index is 744. The summed E-state index contributed by atoms with van der Waals surface area (Å²) in [7, 11) is 0. The average Bonchev–Trinajstić information content (AvgIpc) is 2.65. The smallest absolute Gasteiger partial charge is 0.303 e. The first-order valence-corrected chi connectivity index (χ1v) is 8.12. The Labute approximate surface area is 151 Å². The van der Waals surface area contributed by atoms with Crippen molar-refractivity contribution < 1.29 is 24.2 Å². The molecule has 0 spiro atoms. The standard InChI is InChI=1S/C19H20N2O5/c22-17(7-4-8-18(23)24)20-21-19(25)15-9-11-16(12-10-15)26-13-14-5-2-1-3-6-14/h1-3,5-6,9-12H,4,7-8,13H2,(H,20,22)(H,21,25)(H,23,24). The van der Waals surface area contributed by atoms with Gasteiger partial charge in [-0.05, 0) is 36.2 Å². The van der Waals surface area contributed by atoms with Gasteiger partial charge in [-0.25, -0.2) is 0 Å². The lowest BCUT2D eigenvalue weighted by atomic mass is 10.2. The predicted molar refractivity (Wildman–Crippen MR) is 94.3 cm³/mol. The summed E-state index contributed by atoms with van der Waals surface area (Å²) in [6.45, 7) is 0.429. The first kappa shape index (κ1) is 19.0. The van der Waals surface area contributed by atoms with Crippen molar-refractivity contribution in [3.05, 3.63) is 65.7 Å². The number of amides is 2. The third-order valence-electron chi connectivity index (χ3n) is 3.47.